The maximum absolute atomic E-state index is 12.1. The third-order valence-corrected chi connectivity index (χ3v) is 13.4. The molecule has 12 saturated heterocycles. The molecule has 20 heteroatoms. The third-order valence-electron chi connectivity index (χ3n) is 13.2. The van der Waals surface area contributed by atoms with Crippen molar-refractivity contribution in [2.24, 2.45) is 0 Å². The molecule has 0 saturated carbocycles. The summed E-state index contributed by atoms with van der Waals surface area (Å²) in [4.78, 5) is 44.3. The van der Waals surface area contributed by atoms with Crippen LogP contribution in [0.15, 0.2) is 42.9 Å². The Morgan fingerprint density at radius 3 is 1.35 bits per heavy atom. The average molecular weight is 947 g/mol. The molecule has 16 heterocycles. The van der Waals surface area contributed by atoms with Crippen molar-refractivity contribution < 1.29 is 9.05 Å². The minimum atomic E-state index is -0.307. The molecular formula is C42H68Cl4N12O4. The van der Waals surface area contributed by atoms with E-state index in [2.05, 4.69) is 50.4 Å². The maximum atomic E-state index is 12.1. The Kier molecular flexibility index (Phi) is 19.7. The maximum Gasteiger partial charge on any atom is 0.289 e. The summed E-state index contributed by atoms with van der Waals surface area (Å²) in [7, 11) is 0. The number of piperidine rings is 4. The van der Waals surface area contributed by atoms with Crippen LogP contribution in [0.3, 0.4) is 0 Å². The van der Waals surface area contributed by atoms with Crippen LogP contribution in [-0.2, 0) is 0 Å². The van der Waals surface area contributed by atoms with E-state index in [1.807, 2.05) is 13.0 Å². The van der Waals surface area contributed by atoms with Crippen LogP contribution in [0.5, 0.6) is 0 Å². The van der Waals surface area contributed by atoms with E-state index in [0.717, 1.165) is 67.5 Å². The number of aromatic nitrogens is 4. The highest BCUT2D eigenvalue weighted by Crippen LogP contribution is 2.25. The van der Waals surface area contributed by atoms with Crippen molar-refractivity contribution in [2.75, 3.05) is 110 Å². The molecule has 0 unspecified atom stereocenters. The quantitative estimate of drug-likeness (QED) is 0.239. The molecule has 16 nitrogen and oxygen atoms in total. The first-order valence-corrected chi connectivity index (χ1v) is 22.6. The van der Waals surface area contributed by atoms with E-state index in [-0.39, 0.29) is 53.5 Å². The second-order valence-electron chi connectivity index (χ2n) is 17.3. The zero-order valence-electron chi connectivity index (χ0n) is 36.3. The molecule has 0 amide bonds. The highest BCUT2D eigenvalue weighted by molar-refractivity contribution is 6.29. The number of anilines is 1. The predicted molar refractivity (Wildman–Crippen MR) is 253 cm³/mol. The fraction of sp³-hybridized carbons (Fsp3) is 0.714. The van der Waals surface area contributed by atoms with Gasteiger partial charge in [0, 0.05) is 114 Å². The molecule has 16 rings (SSSR count). The van der Waals surface area contributed by atoms with E-state index in [9.17, 15) is 9.59 Å². The molecule has 4 aromatic rings. The van der Waals surface area contributed by atoms with Gasteiger partial charge in [0.2, 0.25) is 0 Å². The molecule has 62 heavy (non-hydrogen) atoms. The molecule has 0 radical (unpaired) electrons. The lowest BCUT2D eigenvalue weighted by Gasteiger charge is -2.31. The highest BCUT2D eigenvalue weighted by Gasteiger charge is 2.30. The fourth-order valence-corrected chi connectivity index (χ4v) is 9.88. The van der Waals surface area contributed by atoms with Crippen LogP contribution in [0.4, 0.5) is 5.82 Å². The van der Waals surface area contributed by atoms with E-state index in [1.165, 1.54) is 128 Å². The molecule has 4 aromatic heterocycles. The summed E-state index contributed by atoms with van der Waals surface area (Å²) in [5.74, 6) is 2.13. The lowest BCUT2D eigenvalue weighted by molar-refractivity contribution is 0.247. The van der Waals surface area contributed by atoms with Crippen LogP contribution in [-0.4, -0.2) is 168 Å². The summed E-state index contributed by atoms with van der Waals surface area (Å²) in [6, 6.07) is 9.32. The lowest BCUT2D eigenvalue weighted by Crippen LogP contribution is -2.38. The van der Waals surface area contributed by atoms with Gasteiger partial charge in [-0.25, -0.2) is 9.97 Å². The fourth-order valence-electron chi connectivity index (χ4n) is 9.70. The zero-order chi connectivity index (χ0) is 40.7. The van der Waals surface area contributed by atoms with Gasteiger partial charge in [-0.3, -0.25) is 9.59 Å². The number of nitrogens with zero attached hydrogens (tertiary/aromatic N) is 9. The minimum Gasteiger partial charge on any atom is -0.375 e. The highest BCUT2D eigenvalue weighted by atomic mass is 35.5. The van der Waals surface area contributed by atoms with Gasteiger partial charge in [0.1, 0.15) is 22.5 Å². The molecule has 12 aliphatic heterocycles. The molecule has 8 bridgehead atoms. The topological polar surface area (TPSA) is 147 Å². The number of nitrogens with one attached hydrogen (secondary N) is 3. The van der Waals surface area contributed by atoms with Gasteiger partial charge in [0.25, 0.3) is 11.1 Å². The molecule has 12 fully saturated rings. The Balaban J connectivity index is 0.000000151. The Bertz CT molecular complexity index is 1950. The van der Waals surface area contributed by atoms with Crippen LogP contribution >= 0.6 is 48.8 Å². The first kappa shape index (κ1) is 50.5. The Labute approximate surface area is 388 Å². The molecule has 0 spiro atoms. The van der Waals surface area contributed by atoms with E-state index in [0.29, 0.717) is 28.9 Å². The standard InChI is InChI=1S/C14H18N4O2.C7H5ClN2O2.3C7H14N2.3ClH/c1-10-8-13-15-12(9-14(19)18(13)20-10)17-7-6-16-4-2-11(17)3-5-16;1-4-2-6-9-5(8)3-7(11)10(6)12-4;3*1-4-9-5-2-7(1)8-3-6-9;;;/h8-9,11H,2-7H2,1H3;2-3H,1H3;3*7-8H,1-6H2;3*1H. The van der Waals surface area contributed by atoms with Crippen molar-refractivity contribution in [2.45, 2.75) is 89.4 Å². The summed E-state index contributed by atoms with van der Waals surface area (Å²) in [5.41, 5.74) is 0.587. The Morgan fingerprint density at radius 2 is 0.903 bits per heavy atom. The number of halogens is 4. The Morgan fingerprint density at radius 1 is 0.516 bits per heavy atom. The van der Waals surface area contributed by atoms with Crippen LogP contribution in [0.2, 0.25) is 5.15 Å². The summed E-state index contributed by atoms with van der Waals surface area (Å²) in [6.07, 6.45) is 10.6. The molecule has 0 aliphatic carbocycles. The van der Waals surface area contributed by atoms with E-state index in [1.54, 1.807) is 19.1 Å². The van der Waals surface area contributed by atoms with Gasteiger partial charge in [-0.15, -0.1) is 46.4 Å². The van der Waals surface area contributed by atoms with Crippen molar-refractivity contribution >= 4 is 65.9 Å². The van der Waals surface area contributed by atoms with Gasteiger partial charge in [0.15, 0.2) is 11.3 Å². The normalized spacial score (nSPS) is 29.1. The zero-order valence-corrected chi connectivity index (χ0v) is 39.6. The van der Waals surface area contributed by atoms with Crippen LogP contribution in [0.25, 0.3) is 11.3 Å². The van der Waals surface area contributed by atoms with Gasteiger partial charge >= 0.3 is 0 Å². The molecule has 0 atom stereocenters. The van der Waals surface area contributed by atoms with Gasteiger partial charge in [0.05, 0.1) is 0 Å². The number of rotatable bonds is 1. The number of hydrogen-bond acceptors (Lipinski definition) is 14. The second-order valence-corrected chi connectivity index (χ2v) is 17.7. The van der Waals surface area contributed by atoms with Gasteiger partial charge < -0.3 is 49.5 Å². The monoisotopic (exact) mass is 944 g/mol. The van der Waals surface area contributed by atoms with E-state index < -0.39 is 0 Å². The van der Waals surface area contributed by atoms with E-state index in [4.69, 9.17) is 20.6 Å². The van der Waals surface area contributed by atoms with Crippen LogP contribution in [0, 0.1) is 13.8 Å². The van der Waals surface area contributed by atoms with Gasteiger partial charge in [-0.05, 0) is 104 Å². The first-order valence-electron chi connectivity index (χ1n) is 22.3. The van der Waals surface area contributed by atoms with Crippen molar-refractivity contribution in [1.29, 1.82) is 0 Å². The van der Waals surface area contributed by atoms with Crippen molar-refractivity contribution in [3.8, 4) is 0 Å². The van der Waals surface area contributed by atoms with Gasteiger partial charge in [-0.2, -0.15) is 0 Å². The largest absolute Gasteiger partial charge is 0.375 e. The average Bonchev–Trinajstić information content (AvgIpc) is 3.73. The van der Waals surface area contributed by atoms with Crippen LogP contribution in [0.1, 0.15) is 62.9 Å². The molecule has 3 N–H and O–H groups in total. The van der Waals surface area contributed by atoms with Crippen molar-refractivity contribution in [1.82, 2.24) is 54.7 Å². The molecule has 12 aliphatic rings. The molecule has 0 aromatic carbocycles. The first-order chi connectivity index (χ1) is 28.7. The SMILES string of the molecule is C1CN2CCC(CC2)N1.C1CN2CCC(CC2)N1.C1CN2CCC(CC2)N1.Cc1cc2nc(Cl)cc(=O)n2o1.Cc1cc2nc(N3CCN4CCC3CC4)cc(=O)n2o1.Cl.Cl.Cl. The third kappa shape index (κ3) is 13.5. The summed E-state index contributed by atoms with van der Waals surface area (Å²) < 4.78 is 12.7. The second kappa shape index (κ2) is 24.2. The number of hydrogen-bond donors (Lipinski definition) is 3. The summed E-state index contributed by atoms with van der Waals surface area (Å²) in [6.45, 7) is 23.3. The number of aryl methyl sites for hydroxylation is 2. The molecular weight excluding hydrogens is 878 g/mol. The minimum absolute atomic E-state index is 0. The van der Waals surface area contributed by atoms with E-state index >= 15 is 0 Å². The number of fused-ring (bicyclic) bond motifs is 18. The van der Waals surface area contributed by atoms with Crippen molar-refractivity contribution in [3.63, 3.8) is 0 Å². The molecule has 348 valence electrons. The summed E-state index contributed by atoms with van der Waals surface area (Å²) in [5, 5.41) is 10.8. The van der Waals surface area contributed by atoms with Gasteiger partial charge in [-0.1, -0.05) is 11.6 Å². The Hall–Kier alpha value is -2.48. The van der Waals surface area contributed by atoms with Crippen molar-refractivity contribution in [3.05, 3.63) is 61.6 Å². The predicted octanol–water partition coefficient (Wildman–Crippen LogP) is 3.56. The summed E-state index contributed by atoms with van der Waals surface area (Å²) >= 11 is 5.57. The smallest absolute Gasteiger partial charge is 0.289 e. The lowest BCUT2D eigenvalue weighted by atomic mass is 10.1. The van der Waals surface area contributed by atoms with Crippen LogP contribution < -0.4 is 32.0 Å².